The van der Waals surface area contributed by atoms with Crippen molar-refractivity contribution in [1.82, 2.24) is 20.2 Å². The second-order valence-electron chi connectivity index (χ2n) is 12.1. The molecule has 0 spiro atoms. The molecule has 1 heterocycles. The van der Waals surface area contributed by atoms with E-state index in [-0.39, 0.29) is 42.4 Å². The number of hydrogen-bond donors (Lipinski definition) is 1. The minimum Gasteiger partial charge on any atom is -0.481 e. The first-order valence-electron chi connectivity index (χ1n) is 15.4. The molecule has 0 amide bonds. The molecular weight excluding hydrogens is 675 g/mol. The van der Waals surface area contributed by atoms with Crippen LogP contribution in [-0.4, -0.2) is 50.7 Å². The Bertz CT molecular complexity index is 1540. The maximum absolute atomic E-state index is 13.7. The van der Waals surface area contributed by atoms with Gasteiger partial charge in [0.25, 0.3) is 5.95 Å². The predicted octanol–water partition coefficient (Wildman–Crippen LogP) is 7.85. The number of alkyl halides is 9. The highest BCUT2D eigenvalue weighted by atomic mass is 19.4. The molecule has 0 atom stereocenters. The minimum absolute atomic E-state index is 0.00221. The quantitative estimate of drug-likeness (QED) is 0.179. The normalized spacial score (nSPS) is 17.2. The Morgan fingerprint density at radius 2 is 1.51 bits per heavy atom. The van der Waals surface area contributed by atoms with Crippen LogP contribution in [0.2, 0.25) is 0 Å². The third-order valence-corrected chi connectivity index (χ3v) is 8.19. The number of tetrazole rings is 1. The van der Waals surface area contributed by atoms with Gasteiger partial charge in [0.2, 0.25) is 0 Å². The molecule has 0 unspecified atom stereocenters. The van der Waals surface area contributed by atoms with Gasteiger partial charge in [-0.15, -0.1) is 18.3 Å². The summed E-state index contributed by atoms with van der Waals surface area (Å²) >= 11 is 0. The summed E-state index contributed by atoms with van der Waals surface area (Å²) in [6.45, 7) is 1.90. The lowest BCUT2D eigenvalue weighted by Crippen LogP contribution is -2.34. The van der Waals surface area contributed by atoms with Crippen molar-refractivity contribution in [2.24, 2.45) is 18.9 Å². The van der Waals surface area contributed by atoms with E-state index in [0.29, 0.717) is 50.2 Å². The lowest BCUT2D eigenvalue weighted by Gasteiger charge is -2.35. The van der Waals surface area contributed by atoms with Crippen LogP contribution in [0.25, 0.3) is 0 Å². The predicted molar refractivity (Wildman–Crippen MR) is 158 cm³/mol. The van der Waals surface area contributed by atoms with Crippen molar-refractivity contribution in [3.63, 3.8) is 0 Å². The van der Waals surface area contributed by atoms with Gasteiger partial charge >= 0.3 is 24.7 Å². The summed E-state index contributed by atoms with van der Waals surface area (Å²) in [6.07, 6.45) is -11.7. The zero-order chi connectivity index (χ0) is 36.1. The van der Waals surface area contributed by atoms with Crippen molar-refractivity contribution >= 4 is 17.6 Å². The SMILES string of the molecule is CCCN(CC1CCC(CC(=O)O)CC1)c1ccc(OC(F)(F)F)cc1CN(Cc1cc(C(F)(F)F)cc(C(F)(F)F)c1)c1nnn(C)n1. The summed E-state index contributed by atoms with van der Waals surface area (Å²) in [5, 5.41) is 20.8. The molecule has 1 N–H and O–H groups in total. The van der Waals surface area contributed by atoms with Crippen molar-refractivity contribution in [3.05, 3.63) is 58.7 Å². The molecule has 0 aliphatic heterocycles. The Morgan fingerprint density at radius 3 is 2.02 bits per heavy atom. The molecule has 18 heteroatoms. The first-order chi connectivity index (χ1) is 22.8. The van der Waals surface area contributed by atoms with E-state index in [0.717, 1.165) is 29.8 Å². The second kappa shape index (κ2) is 15.1. The Kier molecular flexibility index (Phi) is 11.6. The smallest absolute Gasteiger partial charge is 0.481 e. The molecule has 49 heavy (non-hydrogen) atoms. The zero-order valence-electron chi connectivity index (χ0n) is 26.5. The van der Waals surface area contributed by atoms with Crippen LogP contribution in [0.1, 0.15) is 67.7 Å². The highest BCUT2D eigenvalue weighted by Crippen LogP contribution is 2.38. The van der Waals surface area contributed by atoms with Gasteiger partial charge in [0.15, 0.2) is 0 Å². The number of nitrogens with zero attached hydrogens (tertiary/aromatic N) is 6. The first kappa shape index (κ1) is 37.6. The zero-order valence-corrected chi connectivity index (χ0v) is 26.5. The summed E-state index contributed by atoms with van der Waals surface area (Å²) in [6, 6.07) is 4.80. The van der Waals surface area contributed by atoms with Crippen molar-refractivity contribution in [3.8, 4) is 5.75 Å². The maximum atomic E-state index is 13.7. The summed E-state index contributed by atoms with van der Waals surface area (Å²) in [4.78, 5) is 15.4. The molecule has 9 nitrogen and oxygen atoms in total. The standard InChI is InChI=1S/C31H35F9N6O3/c1-3-10-45(16-20-6-4-19(5-7-20)13-27(47)48)26-9-8-25(49-31(38,39)40)14-22(26)18-46(28-41-43-44(2)42-28)17-21-11-23(29(32,33)34)15-24(12-21)30(35,36)37/h8-9,11-12,14-15,19-20H,3-7,10,13,16-18H2,1-2H3,(H,47,48). The van der Waals surface area contributed by atoms with Crippen LogP contribution in [-0.2, 0) is 37.3 Å². The number of halogens is 9. The van der Waals surface area contributed by atoms with E-state index in [1.807, 2.05) is 11.8 Å². The van der Waals surface area contributed by atoms with Gasteiger partial charge in [-0.2, -0.15) is 31.1 Å². The fourth-order valence-corrected chi connectivity index (χ4v) is 6.09. The number of anilines is 2. The van der Waals surface area contributed by atoms with Crippen LogP contribution in [0.15, 0.2) is 36.4 Å². The molecule has 1 fully saturated rings. The highest BCUT2D eigenvalue weighted by Gasteiger charge is 2.37. The van der Waals surface area contributed by atoms with E-state index in [4.69, 9.17) is 5.11 Å². The van der Waals surface area contributed by atoms with E-state index in [9.17, 15) is 44.3 Å². The molecular formula is C31H35F9N6O3. The maximum Gasteiger partial charge on any atom is 0.573 e. The lowest BCUT2D eigenvalue weighted by molar-refractivity contribution is -0.274. The van der Waals surface area contributed by atoms with E-state index in [1.54, 1.807) is 0 Å². The molecule has 1 aliphatic rings. The number of carbonyl (C=O) groups is 1. The fraction of sp³-hybridized carbons (Fsp3) is 0.548. The van der Waals surface area contributed by atoms with E-state index < -0.39 is 53.7 Å². The van der Waals surface area contributed by atoms with E-state index >= 15 is 0 Å². The van der Waals surface area contributed by atoms with Gasteiger partial charge in [-0.25, -0.2) is 0 Å². The molecule has 2 aromatic carbocycles. The van der Waals surface area contributed by atoms with Gasteiger partial charge in [-0.05, 0) is 96.7 Å². The lowest BCUT2D eigenvalue weighted by atomic mass is 9.80. The van der Waals surface area contributed by atoms with Gasteiger partial charge < -0.3 is 19.6 Å². The van der Waals surface area contributed by atoms with Crippen LogP contribution in [0.4, 0.5) is 51.1 Å². The number of ether oxygens (including phenoxy) is 1. The summed E-state index contributed by atoms with van der Waals surface area (Å²) in [5.41, 5.74) is -2.78. The van der Waals surface area contributed by atoms with Gasteiger partial charge in [0.05, 0.1) is 18.2 Å². The molecule has 0 radical (unpaired) electrons. The second-order valence-corrected chi connectivity index (χ2v) is 12.1. The average Bonchev–Trinajstić information content (AvgIpc) is 3.42. The number of aliphatic carboxylic acids is 1. The summed E-state index contributed by atoms with van der Waals surface area (Å²) in [7, 11) is 1.39. The highest BCUT2D eigenvalue weighted by molar-refractivity contribution is 5.67. The van der Waals surface area contributed by atoms with Crippen LogP contribution in [0.5, 0.6) is 5.75 Å². The van der Waals surface area contributed by atoms with Crippen molar-refractivity contribution in [2.45, 2.75) is 77.3 Å². The van der Waals surface area contributed by atoms with Gasteiger partial charge in [-0.3, -0.25) is 4.79 Å². The number of carboxylic acids is 1. The molecule has 3 aromatic rings. The number of hydrogen-bond acceptors (Lipinski definition) is 7. The Balaban J connectivity index is 1.74. The van der Waals surface area contributed by atoms with Gasteiger partial charge in [0, 0.05) is 38.3 Å². The van der Waals surface area contributed by atoms with Crippen molar-refractivity contribution in [1.29, 1.82) is 0 Å². The molecule has 4 rings (SSSR count). The summed E-state index contributed by atoms with van der Waals surface area (Å²) < 4.78 is 126. The Labute approximate surface area is 275 Å². The minimum atomic E-state index is -5.10. The molecule has 1 aromatic heterocycles. The third kappa shape index (κ3) is 10.9. The van der Waals surface area contributed by atoms with Gasteiger partial charge in [0.1, 0.15) is 5.75 Å². The van der Waals surface area contributed by atoms with Crippen molar-refractivity contribution in [2.75, 3.05) is 22.9 Å². The largest absolute Gasteiger partial charge is 0.573 e. The van der Waals surface area contributed by atoms with E-state index in [1.165, 1.54) is 18.0 Å². The number of aromatic nitrogens is 4. The topological polar surface area (TPSA) is 96.6 Å². The van der Waals surface area contributed by atoms with Gasteiger partial charge in [-0.1, -0.05) is 12.0 Å². The van der Waals surface area contributed by atoms with E-state index in [2.05, 4.69) is 20.1 Å². The number of benzene rings is 2. The Morgan fingerprint density at radius 1 is 0.898 bits per heavy atom. The van der Waals surface area contributed by atoms with Crippen molar-refractivity contribution < 1.29 is 54.2 Å². The molecule has 1 saturated carbocycles. The van der Waals surface area contributed by atoms with Crippen LogP contribution >= 0.6 is 0 Å². The van der Waals surface area contributed by atoms with Crippen LogP contribution in [0.3, 0.4) is 0 Å². The molecule has 270 valence electrons. The van der Waals surface area contributed by atoms with Crippen LogP contribution in [0, 0.1) is 11.8 Å². The number of carboxylic acid groups (broad SMARTS) is 1. The third-order valence-electron chi connectivity index (χ3n) is 8.19. The van der Waals surface area contributed by atoms with Crippen LogP contribution < -0.4 is 14.5 Å². The monoisotopic (exact) mass is 710 g/mol. The summed E-state index contributed by atoms with van der Waals surface area (Å²) in [5.74, 6) is -1.46. The molecule has 1 aliphatic carbocycles. The number of rotatable bonds is 13. The molecule has 0 saturated heterocycles. The average molecular weight is 711 g/mol. The number of aryl methyl sites for hydroxylation is 1. The Hall–Kier alpha value is -4.25. The molecule has 0 bridgehead atoms. The fourth-order valence-electron chi connectivity index (χ4n) is 6.09. The first-order valence-corrected chi connectivity index (χ1v) is 15.4.